The number of anilines is 2. The van der Waals surface area contributed by atoms with E-state index in [4.69, 9.17) is 5.73 Å². The highest BCUT2D eigenvalue weighted by Crippen LogP contribution is 2.18. The molecule has 0 bridgehead atoms. The fourth-order valence-electron chi connectivity index (χ4n) is 1.60. The largest absolute Gasteiger partial charge is 0.399 e. The van der Waals surface area contributed by atoms with E-state index in [0.29, 0.717) is 16.9 Å². The maximum absolute atomic E-state index is 12.0. The van der Waals surface area contributed by atoms with Crippen LogP contribution >= 0.6 is 15.9 Å². The van der Waals surface area contributed by atoms with Crippen LogP contribution in [0.5, 0.6) is 0 Å². The van der Waals surface area contributed by atoms with E-state index >= 15 is 0 Å². The number of sulfonamides is 1. The van der Waals surface area contributed by atoms with Crippen molar-refractivity contribution < 1.29 is 8.42 Å². The van der Waals surface area contributed by atoms with Crippen LogP contribution in [0.4, 0.5) is 11.4 Å². The zero-order valence-corrected chi connectivity index (χ0v) is 12.4. The lowest BCUT2D eigenvalue weighted by Gasteiger charge is -2.08. The van der Waals surface area contributed by atoms with Gasteiger partial charge in [-0.1, -0.05) is 34.1 Å². The molecule has 0 radical (unpaired) electrons. The molecule has 0 aliphatic rings. The zero-order chi connectivity index (χ0) is 13.9. The van der Waals surface area contributed by atoms with Gasteiger partial charge >= 0.3 is 0 Å². The SMILES string of the molecule is Nc1ccc(CS(=O)(=O)Nc2cccc(Br)c2)cc1. The second kappa shape index (κ2) is 5.63. The molecule has 0 amide bonds. The summed E-state index contributed by atoms with van der Waals surface area (Å²) in [5.41, 5.74) is 7.40. The third kappa shape index (κ3) is 4.25. The molecule has 4 nitrogen and oxygen atoms in total. The minimum atomic E-state index is -3.43. The molecule has 0 heterocycles. The summed E-state index contributed by atoms with van der Waals surface area (Å²) in [4.78, 5) is 0. The van der Waals surface area contributed by atoms with Gasteiger partial charge in [0.2, 0.25) is 10.0 Å². The van der Waals surface area contributed by atoms with Gasteiger partial charge in [0.15, 0.2) is 0 Å². The first-order chi connectivity index (χ1) is 8.94. The highest BCUT2D eigenvalue weighted by atomic mass is 79.9. The van der Waals surface area contributed by atoms with Gasteiger partial charge in [0.05, 0.1) is 5.75 Å². The van der Waals surface area contributed by atoms with Gasteiger partial charge in [-0.25, -0.2) is 8.42 Å². The number of hydrogen-bond acceptors (Lipinski definition) is 3. The van der Waals surface area contributed by atoms with E-state index in [1.807, 2.05) is 6.07 Å². The summed E-state index contributed by atoms with van der Waals surface area (Å²) in [7, 11) is -3.43. The molecule has 6 heteroatoms. The topological polar surface area (TPSA) is 72.2 Å². The number of rotatable bonds is 4. The minimum Gasteiger partial charge on any atom is -0.399 e. The predicted molar refractivity (Wildman–Crippen MR) is 81.2 cm³/mol. The van der Waals surface area contributed by atoms with Crippen LogP contribution in [0.2, 0.25) is 0 Å². The maximum atomic E-state index is 12.0. The van der Waals surface area contributed by atoms with Crippen LogP contribution in [0, 0.1) is 0 Å². The monoisotopic (exact) mass is 340 g/mol. The molecule has 0 atom stereocenters. The van der Waals surface area contributed by atoms with E-state index in [0.717, 1.165) is 4.47 Å². The van der Waals surface area contributed by atoms with E-state index in [1.54, 1.807) is 42.5 Å². The van der Waals surface area contributed by atoms with Crippen LogP contribution in [-0.4, -0.2) is 8.42 Å². The van der Waals surface area contributed by atoms with Crippen LogP contribution in [0.25, 0.3) is 0 Å². The van der Waals surface area contributed by atoms with Gasteiger partial charge < -0.3 is 5.73 Å². The van der Waals surface area contributed by atoms with E-state index < -0.39 is 10.0 Å². The van der Waals surface area contributed by atoms with Crippen molar-refractivity contribution in [2.75, 3.05) is 10.5 Å². The summed E-state index contributed by atoms with van der Waals surface area (Å²) in [6.45, 7) is 0. The summed E-state index contributed by atoms with van der Waals surface area (Å²) in [6.07, 6.45) is 0. The van der Waals surface area contributed by atoms with Crippen molar-refractivity contribution in [3.05, 3.63) is 58.6 Å². The molecule has 0 fully saturated rings. The van der Waals surface area contributed by atoms with E-state index in [1.165, 1.54) is 0 Å². The van der Waals surface area contributed by atoms with Crippen molar-refractivity contribution in [2.45, 2.75) is 5.75 Å². The highest BCUT2D eigenvalue weighted by molar-refractivity contribution is 9.10. The molecule has 0 unspecified atom stereocenters. The van der Waals surface area contributed by atoms with Gasteiger partial charge in [-0.3, -0.25) is 4.72 Å². The van der Waals surface area contributed by atoms with Crippen molar-refractivity contribution >= 4 is 37.3 Å². The van der Waals surface area contributed by atoms with Crippen LogP contribution in [0.3, 0.4) is 0 Å². The Kier molecular flexibility index (Phi) is 4.11. The number of halogens is 1. The van der Waals surface area contributed by atoms with Crippen molar-refractivity contribution in [2.24, 2.45) is 0 Å². The number of nitrogen functional groups attached to an aromatic ring is 1. The summed E-state index contributed by atoms with van der Waals surface area (Å²) < 4.78 is 27.4. The molecule has 0 saturated heterocycles. The lowest BCUT2D eigenvalue weighted by molar-refractivity contribution is 0.600. The third-order valence-corrected chi connectivity index (χ3v) is 4.19. The average molecular weight is 341 g/mol. The second-order valence-corrected chi connectivity index (χ2v) is 6.75. The number of nitrogens with one attached hydrogen (secondary N) is 1. The smallest absolute Gasteiger partial charge is 0.236 e. The van der Waals surface area contributed by atoms with Crippen molar-refractivity contribution in [1.82, 2.24) is 0 Å². The molecule has 3 N–H and O–H groups in total. The Morgan fingerprint density at radius 3 is 2.42 bits per heavy atom. The van der Waals surface area contributed by atoms with E-state index in [9.17, 15) is 8.42 Å². The molecule has 0 spiro atoms. The van der Waals surface area contributed by atoms with Gasteiger partial charge in [0.25, 0.3) is 0 Å². The van der Waals surface area contributed by atoms with Crippen molar-refractivity contribution in [3.8, 4) is 0 Å². The first-order valence-electron chi connectivity index (χ1n) is 5.55. The fraction of sp³-hybridized carbons (Fsp3) is 0.0769. The lowest BCUT2D eigenvalue weighted by atomic mass is 10.2. The van der Waals surface area contributed by atoms with Gasteiger partial charge in [-0.2, -0.15) is 0 Å². The van der Waals surface area contributed by atoms with Crippen LogP contribution in [0.1, 0.15) is 5.56 Å². The summed E-state index contributed by atoms with van der Waals surface area (Å²) in [5.74, 6) is -0.0835. The number of benzene rings is 2. The van der Waals surface area contributed by atoms with Gasteiger partial charge in [-0.05, 0) is 35.9 Å². The van der Waals surface area contributed by atoms with E-state index in [-0.39, 0.29) is 5.75 Å². The molecule has 0 aliphatic carbocycles. The standard InChI is InChI=1S/C13H13BrN2O2S/c14-11-2-1-3-13(8-11)16-19(17,18)9-10-4-6-12(15)7-5-10/h1-8,16H,9,15H2. The molecular weight excluding hydrogens is 328 g/mol. The first kappa shape index (κ1) is 13.9. The normalized spacial score (nSPS) is 11.2. The van der Waals surface area contributed by atoms with Crippen molar-refractivity contribution in [1.29, 1.82) is 0 Å². The van der Waals surface area contributed by atoms with Gasteiger partial charge in [-0.15, -0.1) is 0 Å². The molecule has 2 rings (SSSR count). The Hall–Kier alpha value is -1.53. The van der Waals surface area contributed by atoms with Crippen LogP contribution in [0.15, 0.2) is 53.0 Å². The summed E-state index contributed by atoms with van der Waals surface area (Å²) >= 11 is 3.30. The fourth-order valence-corrected chi connectivity index (χ4v) is 3.19. The minimum absolute atomic E-state index is 0.0835. The van der Waals surface area contributed by atoms with Crippen LogP contribution < -0.4 is 10.5 Å². The van der Waals surface area contributed by atoms with Crippen LogP contribution in [-0.2, 0) is 15.8 Å². The molecule has 2 aromatic carbocycles. The Balaban J connectivity index is 2.13. The molecular formula is C13H13BrN2O2S. The summed E-state index contributed by atoms with van der Waals surface area (Å²) in [5, 5.41) is 0. The molecule has 19 heavy (non-hydrogen) atoms. The van der Waals surface area contributed by atoms with E-state index in [2.05, 4.69) is 20.7 Å². The Labute approximate surface area is 120 Å². The highest BCUT2D eigenvalue weighted by Gasteiger charge is 2.11. The quantitative estimate of drug-likeness (QED) is 0.840. The second-order valence-electron chi connectivity index (χ2n) is 4.11. The molecule has 0 aromatic heterocycles. The molecule has 100 valence electrons. The Morgan fingerprint density at radius 2 is 1.79 bits per heavy atom. The molecule has 2 aromatic rings. The number of hydrogen-bond donors (Lipinski definition) is 2. The van der Waals surface area contributed by atoms with Gasteiger partial charge in [0.1, 0.15) is 0 Å². The Morgan fingerprint density at radius 1 is 1.11 bits per heavy atom. The molecule has 0 saturated carbocycles. The summed E-state index contributed by atoms with van der Waals surface area (Å²) in [6, 6.07) is 13.8. The van der Waals surface area contributed by atoms with Crippen molar-refractivity contribution in [3.63, 3.8) is 0 Å². The molecule has 0 aliphatic heterocycles. The maximum Gasteiger partial charge on any atom is 0.236 e. The van der Waals surface area contributed by atoms with Gasteiger partial charge in [0, 0.05) is 15.8 Å². The Bertz CT molecular complexity index is 669. The number of nitrogens with two attached hydrogens (primary N) is 1. The lowest BCUT2D eigenvalue weighted by Crippen LogP contribution is -2.15. The predicted octanol–water partition coefficient (Wildman–Crippen LogP) is 2.97. The zero-order valence-electron chi connectivity index (χ0n) is 10.0. The third-order valence-electron chi connectivity index (χ3n) is 2.43. The first-order valence-corrected chi connectivity index (χ1v) is 8.00. The average Bonchev–Trinajstić information content (AvgIpc) is 2.31.